The van der Waals surface area contributed by atoms with E-state index in [2.05, 4.69) is 15.1 Å². The average Bonchev–Trinajstić information content (AvgIpc) is 3.41. The highest BCUT2D eigenvalue weighted by atomic mass is 32.2. The van der Waals surface area contributed by atoms with E-state index in [9.17, 15) is 8.42 Å². The van der Waals surface area contributed by atoms with Gasteiger partial charge in [-0.2, -0.15) is 9.40 Å². The van der Waals surface area contributed by atoms with Gasteiger partial charge in [-0.3, -0.25) is 0 Å². The van der Waals surface area contributed by atoms with Gasteiger partial charge in [0.25, 0.3) is 0 Å². The maximum Gasteiger partial charge on any atom is 0.217 e. The number of aromatic nitrogens is 2. The molecule has 1 aromatic rings. The van der Waals surface area contributed by atoms with Gasteiger partial charge in [-0.05, 0) is 44.7 Å². The Morgan fingerprint density at radius 1 is 1.21 bits per heavy atom. The maximum atomic E-state index is 12.6. The first kappa shape index (κ1) is 16.2. The predicted molar refractivity (Wildman–Crippen MR) is 90.4 cm³/mol. The summed E-state index contributed by atoms with van der Waals surface area (Å²) in [7, 11) is -3.15. The van der Waals surface area contributed by atoms with E-state index in [-0.39, 0.29) is 5.25 Å². The fourth-order valence-corrected chi connectivity index (χ4v) is 5.60. The largest absolute Gasteiger partial charge is 0.370 e. The van der Waals surface area contributed by atoms with E-state index in [0.717, 1.165) is 43.7 Å². The number of nitrogens with zero attached hydrogens (tertiary/aromatic N) is 4. The molecule has 3 fully saturated rings. The molecule has 24 heavy (non-hydrogen) atoms. The highest BCUT2D eigenvalue weighted by Crippen LogP contribution is 2.36. The molecule has 1 aliphatic carbocycles. The summed E-state index contributed by atoms with van der Waals surface area (Å²) in [6.45, 7) is 4.89. The molecular weight excluding hydrogens is 328 g/mol. The molecule has 8 heteroatoms. The zero-order valence-corrected chi connectivity index (χ0v) is 14.8. The molecule has 4 rings (SSSR count). The number of ether oxygens (including phenoxy) is 1. The number of morpholine rings is 1. The lowest BCUT2D eigenvalue weighted by Gasteiger charge is -2.47. The third-order valence-electron chi connectivity index (χ3n) is 5.17. The second-order valence-corrected chi connectivity index (χ2v) is 9.38. The molecule has 0 N–H and O–H groups in total. The first-order valence-corrected chi connectivity index (χ1v) is 10.2. The maximum absolute atomic E-state index is 12.6. The number of anilines is 1. The molecule has 2 saturated heterocycles. The van der Waals surface area contributed by atoms with E-state index in [1.165, 1.54) is 0 Å². The molecule has 3 aliphatic rings. The predicted octanol–water partition coefficient (Wildman–Crippen LogP) is 0.948. The molecular formula is C16H24N4O3S. The number of rotatable bonds is 3. The topological polar surface area (TPSA) is 75.6 Å². The summed E-state index contributed by atoms with van der Waals surface area (Å²) < 4.78 is 33.0. The van der Waals surface area contributed by atoms with Gasteiger partial charge in [0.15, 0.2) is 5.82 Å². The van der Waals surface area contributed by atoms with Gasteiger partial charge in [0.1, 0.15) is 0 Å². The zero-order valence-electron chi connectivity index (χ0n) is 14.0. The lowest BCUT2D eigenvalue weighted by molar-refractivity contribution is -0.0951. The van der Waals surface area contributed by atoms with E-state index in [1.807, 2.05) is 19.1 Å². The molecule has 1 saturated carbocycles. The van der Waals surface area contributed by atoms with Crippen molar-refractivity contribution in [2.45, 2.75) is 43.5 Å². The van der Waals surface area contributed by atoms with Crippen LogP contribution in [-0.4, -0.2) is 66.6 Å². The number of aryl methyl sites for hydroxylation is 1. The fraction of sp³-hybridized carbons (Fsp3) is 0.750. The van der Waals surface area contributed by atoms with Gasteiger partial charge < -0.3 is 9.64 Å². The lowest BCUT2D eigenvalue weighted by Crippen LogP contribution is -2.61. The van der Waals surface area contributed by atoms with Crippen molar-refractivity contribution in [2.75, 3.05) is 37.7 Å². The Kier molecular flexibility index (Phi) is 4.01. The van der Waals surface area contributed by atoms with E-state index in [0.29, 0.717) is 26.2 Å². The van der Waals surface area contributed by atoms with Gasteiger partial charge in [-0.25, -0.2) is 8.42 Å². The molecule has 1 atom stereocenters. The van der Waals surface area contributed by atoms with Gasteiger partial charge in [0.2, 0.25) is 10.0 Å². The van der Waals surface area contributed by atoms with Crippen molar-refractivity contribution in [2.24, 2.45) is 0 Å². The van der Waals surface area contributed by atoms with Crippen LogP contribution in [0.5, 0.6) is 0 Å². The van der Waals surface area contributed by atoms with Crippen LogP contribution in [0.25, 0.3) is 0 Å². The Morgan fingerprint density at radius 2 is 2.04 bits per heavy atom. The van der Waals surface area contributed by atoms with Crippen molar-refractivity contribution in [1.29, 1.82) is 0 Å². The third-order valence-corrected chi connectivity index (χ3v) is 7.51. The van der Waals surface area contributed by atoms with Crippen LogP contribution in [0.2, 0.25) is 0 Å². The van der Waals surface area contributed by atoms with Crippen LogP contribution < -0.4 is 4.90 Å². The molecule has 3 heterocycles. The van der Waals surface area contributed by atoms with Crippen molar-refractivity contribution >= 4 is 15.8 Å². The Morgan fingerprint density at radius 3 is 2.75 bits per heavy atom. The molecule has 7 nitrogen and oxygen atoms in total. The van der Waals surface area contributed by atoms with Crippen LogP contribution in [0.4, 0.5) is 5.82 Å². The SMILES string of the molecule is Cc1ccc(N2CCCC3(C2)CN(S(=O)(=O)C2CC2)CCO3)nn1. The average molecular weight is 352 g/mol. The number of hydrogen-bond donors (Lipinski definition) is 0. The van der Waals surface area contributed by atoms with Crippen molar-refractivity contribution in [3.05, 3.63) is 17.8 Å². The van der Waals surface area contributed by atoms with Crippen LogP contribution in [0.15, 0.2) is 12.1 Å². The molecule has 0 aromatic carbocycles. The van der Waals surface area contributed by atoms with Crippen molar-refractivity contribution in [3.8, 4) is 0 Å². The van der Waals surface area contributed by atoms with Crippen molar-refractivity contribution < 1.29 is 13.2 Å². The van der Waals surface area contributed by atoms with Gasteiger partial charge in [-0.15, -0.1) is 5.10 Å². The van der Waals surface area contributed by atoms with Crippen molar-refractivity contribution in [1.82, 2.24) is 14.5 Å². The molecule has 2 aliphatic heterocycles. The highest BCUT2D eigenvalue weighted by Gasteiger charge is 2.47. The summed E-state index contributed by atoms with van der Waals surface area (Å²) in [5, 5.41) is 8.25. The molecule has 1 spiro atoms. The summed E-state index contributed by atoms with van der Waals surface area (Å²) in [6, 6.07) is 3.93. The van der Waals surface area contributed by atoms with E-state index < -0.39 is 15.6 Å². The fourth-order valence-electron chi connectivity index (χ4n) is 3.71. The summed E-state index contributed by atoms with van der Waals surface area (Å²) in [4.78, 5) is 2.17. The number of hydrogen-bond acceptors (Lipinski definition) is 6. The van der Waals surface area contributed by atoms with Crippen LogP contribution in [-0.2, 0) is 14.8 Å². The summed E-state index contributed by atoms with van der Waals surface area (Å²) in [5.41, 5.74) is 0.464. The summed E-state index contributed by atoms with van der Waals surface area (Å²) in [5.74, 6) is 0.838. The molecule has 132 valence electrons. The van der Waals surface area contributed by atoms with Gasteiger partial charge in [0, 0.05) is 26.2 Å². The quantitative estimate of drug-likeness (QED) is 0.806. The molecule has 0 amide bonds. The first-order chi connectivity index (χ1) is 11.5. The minimum Gasteiger partial charge on any atom is -0.370 e. The monoisotopic (exact) mass is 352 g/mol. The summed E-state index contributed by atoms with van der Waals surface area (Å²) in [6.07, 6.45) is 3.46. The lowest BCUT2D eigenvalue weighted by atomic mass is 9.91. The molecule has 1 unspecified atom stereocenters. The van der Waals surface area contributed by atoms with Gasteiger partial charge >= 0.3 is 0 Å². The Hall–Kier alpha value is -1.25. The van der Waals surface area contributed by atoms with E-state index in [4.69, 9.17) is 4.74 Å². The Balaban J connectivity index is 1.52. The smallest absolute Gasteiger partial charge is 0.217 e. The molecule has 0 radical (unpaired) electrons. The van der Waals surface area contributed by atoms with Crippen LogP contribution in [0.1, 0.15) is 31.4 Å². The minimum absolute atomic E-state index is 0.157. The zero-order chi connectivity index (χ0) is 16.8. The van der Waals surface area contributed by atoms with Crippen LogP contribution >= 0.6 is 0 Å². The Labute approximate surface area is 143 Å². The Bertz CT molecular complexity index is 701. The summed E-state index contributed by atoms with van der Waals surface area (Å²) >= 11 is 0. The highest BCUT2D eigenvalue weighted by molar-refractivity contribution is 7.90. The second-order valence-electron chi connectivity index (χ2n) is 7.17. The number of sulfonamides is 1. The molecule has 0 bridgehead atoms. The molecule has 1 aromatic heterocycles. The van der Waals surface area contributed by atoms with Gasteiger partial charge in [0.05, 0.1) is 23.2 Å². The van der Waals surface area contributed by atoms with Gasteiger partial charge in [-0.1, -0.05) is 0 Å². The first-order valence-electron chi connectivity index (χ1n) is 8.67. The van der Waals surface area contributed by atoms with E-state index in [1.54, 1.807) is 4.31 Å². The third kappa shape index (κ3) is 3.02. The standard InChI is InChI=1S/C16H24N4O3S/c1-13-3-6-15(18-17-13)19-8-2-7-16(11-19)12-20(9-10-23-16)24(21,22)14-4-5-14/h3,6,14H,2,4-5,7-12H2,1H3. The van der Waals surface area contributed by atoms with E-state index >= 15 is 0 Å². The second kappa shape index (κ2) is 5.93. The minimum atomic E-state index is -3.15. The van der Waals surface area contributed by atoms with Crippen LogP contribution in [0.3, 0.4) is 0 Å². The normalized spacial score (nSPS) is 29.1. The number of piperidine rings is 1. The van der Waals surface area contributed by atoms with Crippen molar-refractivity contribution in [3.63, 3.8) is 0 Å². The van der Waals surface area contributed by atoms with Crippen LogP contribution in [0, 0.1) is 6.92 Å².